The molecule has 0 aromatic carbocycles. The van der Waals surface area contributed by atoms with Gasteiger partial charge in [0.1, 0.15) is 0 Å². The van der Waals surface area contributed by atoms with Gasteiger partial charge in [0.15, 0.2) is 9.84 Å². The van der Waals surface area contributed by atoms with E-state index < -0.39 is 9.84 Å². The van der Waals surface area contributed by atoms with Gasteiger partial charge in [-0.05, 0) is 36.6 Å². The molecule has 0 bridgehead atoms. The lowest BCUT2D eigenvalue weighted by atomic mass is 9.95. The molecule has 0 radical (unpaired) electrons. The van der Waals surface area contributed by atoms with Crippen molar-refractivity contribution in [3.05, 3.63) is 22.4 Å². The van der Waals surface area contributed by atoms with Crippen molar-refractivity contribution in [3.8, 4) is 0 Å². The molecule has 1 amide bonds. The highest BCUT2D eigenvalue weighted by Crippen LogP contribution is 2.37. The van der Waals surface area contributed by atoms with Crippen LogP contribution in [0.2, 0.25) is 0 Å². The molecule has 3 rings (SSSR count). The summed E-state index contributed by atoms with van der Waals surface area (Å²) in [6.45, 7) is 0. The van der Waals surface area contributed by atoms with Crippen molar-refractivity contribution in [2.24, 2.45) is 11.8 Å². The molecule has 1 aromatic heterocycles. The van der Waals surface area contributed by atoms with Gasteiger partial charge in [-0.2, -0.15) is 0 Å². The molecule has 0 spiro atoms. The van der Waals surface area contributed by atoms with Crippen molar-refractivity contribution in [2.45, 2.75) is 38.1 Å². The van der Waals surface area contributed by atoms with Gasteiger partial charge >= 0.3 is 0 Å². The molecule has 1 aliphatic carbocycles. The van der Waals surface area contributed by atoms with E-state index in [9.17, 15) is 13.2 Å². The molecule has 1 saturated heterocycles. The molecular formula is C15H21NO3S2. The predicted molar refractivity (Wildman–Crippen MR) is 83.9 cm³/mol. The fourth-order valence-corrected chi connectivity index (χ4v) is 6.06. The molecule has 2 heterocycles. The van der Waals surface area contributed by atoms with Crippen LogP contribution in [0.5, 0.6) is 0 Å². The third-order valence-corrected chi connectivity index (χ3v) is 7.35. The van der Waals surface area contributed by atoms with Crippen LogP contribution in [0.4, 0.5) is 0 Å². The van der Waals surface area contributed by atoms with Crippen LogP contribution in [0.3, 0.4) is 0 Å². The average molecular weight is 327 g/mol. The van der Waals surface area contributed by atoms with Crippen LogP contribution in [0.1, 0.15) is 43.0 Å². The van der Waals surface area contributed by atoms with Gasteiger partial charge in [0.2, 0.25) is 5.91 Å². The second-order valence-electron chi connectivity index (χ2n) is 6.15. The maximum atomic E-state index is 12.4. The molecule has 1 aliphatic heterocycles. The monoisotopic (exact) mass is 327 g/mol. The van der Waals surface area contributed by atoms with E-state index in [0.29, 0.717) is 12.3 Å². The van der Waals surface area contributed by atoms with E-state index in [4.69, 9.17) is 0 Å². The second-order valence-corrected chi connectivity index (χ2v) is 9.35. The zero-order valence-electron chi connectivity index (χ0n) is 12.0. The molecule has 0 unspecified atom stereocenters. The Hall–Kier alpha value is -0.880. The number of sulfone groups is 1. The number of hydrogen-bond donors (Lipinski definition) is 1. The Bertz CT molecular complexity index is 588. The van der Waals surface area contributed by atoms with Gasteiger partial charge in [0.05, 0.1) is 23.5 Å². The minimum absolute atomic E-state index is 0.0145. The van der Waals surface area contributed by atoms with E-state index in [0.717, 1.165) is 12.8 Å². The Balaban J connectivity index is 1.71. The van der Waals surface area contributed by atoms with Gasteiger partial charge in [0, 0.05) is 4.88 Å². The Morgan fingerprint density at radius 3 is 2.62 bits per heavy atom. The van der Waals surface area contributed by atoms with Gasteiger partial charge in [0.25, 0.3) is 0 Å². The second kappa shape index (κ2) is 6.08. The highest BCUT2D eigenvalue weighted by atomic mass is 32.2. The lowest BCUT2D eigenvalue weighted by Gasteiger charge is -2.25. The first-order chi connectivity index (χ1) is 10.1. The van der Waals surface area contributed by atoms with Crippen LogP contribution < -0.4 is 5.32 Å². The Kier molecular flexibility index (Phi) is 4.36. The zero-order valence-corrected chi connectivity index (χ0v) is 13.6. The molecule has 2 fully saturated rings. The van der Waals surface area contributed by atoms with Gasteiger partial charge in [-0.3, -0.25) is 4.79 Å². The largest absolute Gasteiger partial charge is 0.348 e. The van der Waals surface area contributed by atoms with E-state index in [1.54, 1.807) is 11.3 Å². The van der Waals surface area contributed by atoms with Gasteiger partial charge in [-0.15, -0.1) is 11.3 Å². The lowest BCUT2D eigenvalue weighted by Crippen LogP contribution is -2.37. The van der Waals surface area contributed by atoms with Crippen LogP contribution in [0.15, 0.2) is 17.5 Å². The van der Waals surface area contributed by atoms with Gasteiger partial charge in [-0.1, -0.05) is 18.9 Å². The van der Waals surface area contributed by atoms with Crippen LogP contribution in [0, 0.1) is 11.8 Å². The van der Waals surface area contributed by atoms with Crippen molar-refractivity contribution in [1.29, 1.82) is 0 Å². The molecule has 116 valence electrons. The average Bonchev–Trinajstić information content (AvgIpc) is 3.17. The van der Waals surface area contributed by atoms with Gasteiger partial charge in [-0.25, -0.2) is 8.42 Å². The fourth-order valence-electron chi connectivity index (χ4n) is 3.45. The van der Waals surface area contributed by atoms with Crippen LogP contribution in [0.25, 0.3) is 0 Å². The van der Waals surface area contributed by atoms with Gasteiger partial charge < -0.3 is 5.32 Å². The lowest BCUT2D eigenvalue weighted by molar-refractivity contribution is -0.125. The summed E-state index contributed by atoms with van der Waals surface area (Å²) in [6.07, 6.45) is 5.20. The van der Waals surface area contributed by atoms with E-state index in [-0.39, 0.29) is 29.4 Å². The summed E-state index contributed by atoms with van der Waals surface area (Å²) in [5.74, 6) is 0.213. The minimum atomic E-state index is -3.01. The van der Waals surface area contributed by atoms with Crippen molar-refractivity contribution >= 4 is 27.1 Å². The first kappa shape index (κ1) is 15.0. The topological polar surface area (TPSA) is 63.2 Å². The Morgan fingerprint density at radius 2 is 2.05 bits per heavy atom. The third kappa shape index (κ3) is 3.48. The zero-order chi connectivity index (χ0) is 14.9. The van der Waals surface area contributed by atoms with Crippen LogP contribution >= 0.6 is 11.3 Å². The van der Waals surface area contributed by atoms with Crippen molar-refractivity contribution in [2.75, 3.05) is 11.5 Å². The molecule has 2 atom stereocenters. The number of carbonyl (C=O) groups is 1. The number of thiophene rings is 1. The summed E-state index contributed by atoms with van der Waals surface area (Å²) in [4.78, 5) is 13.6. The summed E-state index contributed by atoms with van der Waals surface area (Å²) >= 11 is 1.67. The highest BCUT2D eigenvalue weighted by molar-refractivity contribution is 7.91. The molecule has 21 heavy (non-hydrogen) atoms. The number of hydrogen-bond acceptors (Lipinski definition) is 4. The number of nitrogens with one attached hydrogen (secondary N) is 1. The fraction of sp³-hybridized carbons (Fsp3) is 0.667. The first-order valence-corrected chi connectivity index (χ1v) is 10.3. The predicted octanol–water partition coefficient (Wildman–Crippen LogP) is 2.53. The van der Waals surface area contributed by atoms with E-state index >= 15 is 0 Å². The number of carbonyl (C=O) groups excluding carboxylic acids is 1. The van der Waals surface area contributed by atoms with Crippen LogP contribution in [-0.4, -0.2) is 25.8 Å². The molecule has 1 N–H and O–H groups in total. The SMILES string of the molecule is O=C(N[C@@H](c1cccs1)C1CCCC1)[C@H]1CCS(=O)(=O)C1. The van der Waals surface area contributed by atoms with Crippen molar-refractivity contribution < 1.29 is 13.2 Å². The Labute approximate surface area is 129 Å². The molecule has 1 aromatic rings. The maximum absolute atomic E-state index is 12.4. The van der Waals surface area contributed by atoms with Crippen LogP contribution in [-0.2, 0) is 14.6 Å². The third-order valence-electron chi connectivity index (χ3n) is 4.62. The summed E-state index contributed by atoms with van der Waals surface area (Å²) in [6, 6.07) is 4.14. The van der Waals surface area contributed by atoms with Crippen molar-refractivity contribution in [3.63, 3.8) is 0 Å². The van der Waals surface area contributed by atoms with Crippen molar-refractivity contribution in [1.82, 2.24) is 5.32 Å². The molecule has 2 aliphatic rings. The summed E-state index contributed by atoms with van der Waals surface area (Å²) in [7, 11) is -3.01. The standard InChI is InChI=1S/C15H21NO3S2/c17-15(12-7-9-21(18,19)10-12)16-14(11-4-1-2-5-11)13-6-3-8-20-13/h3,6,8,11-12,14H,1-2,4-5,7,9-10H2,(H,16,17)/t12-,14+/m0/s1. The molecular weight excluding hydrogens is 306 g/mol. The summed E-state index contributed by atoms with van der Waals surface area (Å²) < 4.78 is 23.1. The number of amides is 1. The summed E-state index contributed by atoms with van der Waals surface area (Å²) in [5, 5.41) is 5.18. The number of rotatable bonds is 4. The smallest absolute Gasteiger partial charge is 0.224 e. The quantitative estimate of drug-likeness (QED) is 0.924. The molecule has 6 heteroatoms. The minimum Gasteiger partial charge on any atom is -0.348 e. The molecule has 4 nitrogen and oxygen atoms in total. The highest BCUT2D eigenvalue weighted by Gasteiger charge is 2.36. The van der Waals surface area contributed by atoms with E-state index in [2.05, 4.69) is 11.4 Å². The van der Waals surface area contributed by atoms with E-state index in [1.807, 2.05) is 11.4 Å². The maximum Gasteiger partial charge on any atom is 0.224 e. The van der Waals surface area contributed by atoms with E-state index in [1.165, 1.54) is 17.7 Å². The molecule has 1 saturated carbocycles. The summed E-state index contributed by atoms with van der Waals surface area (Å²) in [5.41, 5.74) is 0. The Morgan fingerprint density at radius 1 is 1.29 bits per heavy atom. The normalized spacial score (nSPS) is 26.8. The first-order valence-electron chi connectivity index (χ1n) is 7.59.